The Labute approximate surface area is 175 Å². The lowest BCUT2D eigenvalue weighted by atomic mass is 10.0. The maximum absolute atomic E-state index is 13.3. The van der Waals surface area contributed by atoms with Crippen LogP contribution >= 0.6 is 0 Å². The SMILES string of the molecule is COc1ccc(-c2coc3c(C[NH+]4CCCCC4C)c([O-])ccc3c2=O)cc1OC. The van der Waals surface area contributed by atoms with E-state index in [4.69, 9.17) is 13.9 Å². The molecule has 1 aromatic heterocycles. The maximum atomic E-state index is 13.3. The molecule has 0 amide bonds. The van der Waals surface area contributed by atoms with Crippen LogP contribution in [0.15, 0.2) is 45.8 Å². The van der Waals surface area contributed by atoms with Gasteiger partial charge in [0.25, 0.3) is 0 Å². The molecule has 0 spiro atoms. The van der Waals surface area contributed by atoms with Crippen molar-refractivity contribution in [3.05, 3.63) is 52.4 Å². The topological polar surface area (TPSA) is 76.2 Å². The molecule has 3 aromatic rings. The Morgan fingerprint density at radius 2 is 1.93 bits per heavy atom. The van der Waals surface area contributed by atoms with Crippen molar-refractivity contribution < 1.29 is 23.9 Å². The number of likely N-dealkylation sites (tertiary alicyclic amines) is 1. The lowest BCUT2D eigenvalue weighted by Gasteiger charge is -2.31. The molecule has 2 atom stereocenters. The van der Waals surface area contributed by atoms with Gasteiger partial charge in [0, 0.05) is 5.56 Å². The third-order valence-electron chi connectivity index (χ3n) is 6.18. The van der Waals surface area contributed by atoms with Gasteiger partial charge in [0.05, 0.1) is 37.8 Å². The molecule has 1 fully saturated rings. The Bertz CT molecular complexity index is 1120. The first-order valence-corrected chi connectivity index (χ1v) is 10.3. The van der Waals surface area contributed by atoms with E-state index in [9.17, 15) is 9.90 Å². The zero-order valence-corrected chi connectivity index (χ0v) is 17.6. The number of ether oxygens (including phenoxy) is 2. The summed E-state index contributed by atoms with van der Waals surface area (Å²) in [6.07, 6.45) is 4.99. The molecule has 1 aliphatic heterocycles. The number of fused-ring (bicyclic) bond motifs is 1. The minimum Gasteiger partial charge on any atom is -0.872 e. The number of nitrogens with one attached hydrogen (secondary N) is 1. The predicted octanol–water partition coefficient (Wildman–Crippen LogP) is 2.51. The van der Waals surface area contributed by atoms with Gasteiger partial charge in [0.2, 0.25) is 5.43 Å². The summed E-state index contributed by atoms with van der Waals surface area (Å²) in [7, 11) is 3.12. The predicted molar refractivity (Wildman–Crippen MR) is 113 cm³/mol. The molecule has 1 saturated heterocycles. The van der Waals surface area contributed by atoms with Crippen LogP contribution in [0.1, 0.15) is 31.7 Å². The highest BCUT2D eigenvalue weighted by molar-refractivity contribution is 5.85. The fraction of sp³-hybridized carbons (Fsp3) is 0.375. The van der Waals surface area contributed by atoms with Crippen molar-refractivity contribution in [2.75, 3.05) is 20.8 Å². The Hall–Kier alpha value is -2.99. The summed E-state index contributed by atoms with van der Waals surface area (Å²) in [5.41, 5.74) is 1.93. The zero-order valence-electron chi connectivity index (χ0n) is 17.6. The summed E-state index contributed by atoms with van der Waals surface area (Å²) >= 11 is 0. The minimum absolute atomic E-state index is 0.0743. The first-order valence-electron chi connectivity index (χ1n) is 10.3. The van der Waals surface area contributed by atoms with E-state index >= 15 is 0 Å². The van der Waals surface area contributed by atoms with E-state index in [-0.39, 0.29) is 11.2 Å². The fourth-order valence-corrected chi connectivity index (χ4v) is 4.35. The lowest BCUT2D eigenvalue weighted by Crippen LogP contribution is -3.14. The monoisotopic (exact) mass is 409 g/mol. The third-order valence-corrected chi connectivity index (χ3v) is 6.18. The summed E-state index contributed by atoms with van der Waals surface area (Å²) in [4.78, 5) is 14.6. The van der Waals surface area contributed by atoms with Crippen molar-refractivity contribution in [3.63, 3.8) is 0 Å². The summed E-state index contributed by atoms with van der Waals surface area (Å²) in [6.45, 7) is 3.83. The average Bonchev–Trinajstić information content (AvgIpc) is 2.76. The Morgan fingerprint density at radius 3 is 2.67 bits per heavy atom. The quantitative estimate of drug-likeness (QED) is 0.701. The van der Waals surface area contributed by atoms with Crippen molar-refractivity contribution in [3.8, 4) is 28.4 Å². The third kappa shape index (κ3) is 3.63. The Balaban J connectivity index is 1.79. The largest absolute Gasteiger partial charge is 0.872 e. The standard InChI is InChI=1S/C24H27NO5/c1-15-6-4-5-11-25(15)13-18-20(26)9-8-17-23(27)19(14-30-24(17)18)16-7-10-21(28-2)22(12-16)29-3/h7-10,12,14-15,26H,4-6,11,13H2,1-3H3. The zero-order chi connectivity index (χ0) is 21.3. The van der Waals surface area contributed by atoms with Gasteiger partial charge in [-0.05, 0) is 49.9 Å². The van der Waals surface area contributed by atoms with E-state index in [2.05, 4.69) is 6.92 Å². The first-order chi connectivity index (χ1) is 14.5. The van der Waals surface area contributed by atoms with Crippen LogP contribution in [0, 0.1) is 0 Å². The molecule has 0 radical (unpaired) electrons. The van der Waals surface area contributed by atoms with Gasteiger partial charge in [-0.2, -0.15) is 0 Å². The molecule has 6 nitrogen and oxygen atoms in total. The van der Waals surface area contributed by atoms with Crippen molar-refractivity contribution in [2.45, 2.75) is 38.8 Å². The van der Waals surface area contributed by atoms with Crippen LogP contribution in [0.4, 0.5) is 0 Å². The average molecular weight is 409 g/mol. The van der Waals surface area contributed by atoms with Crippen LogP contribution in [0.3, 0.4) is 0 Å². The van der Waals surface area contributed by atoms with Crippen molar-refractivity contribution in [1.82, 2.24) is 0 Å². The highest BCUT2D eigenvalue weighted by Gasteiger charge is 2.24. The van der Waals surface area contributed by atoms with Gasteiger partial charge in [-0.25, -0.2) is 0 Å². The molecule has 0 bridgehead atoms. The number of rotatable bonds is 5. The van der Waals surface area contributed by atoms with Crippen LogP contribution in [0.25, 0.3) is 22.1 Å². The summed E-state index contributed by atoms with van der Waals surface area (Å²) in [5, 5.41) is 13.1. The van der Waals surface area contributed by atoms with E-state index in [1.54, 1.807) is 38.5 Å². The second-order valence-electron chi connectivity index (χ2n) is 7.95. The fourth-order valence-electron chi connectivity index (χ4n) is 4.35. The number of quaternary nitrogens is 1. The van der Waals surface area contributed by atoms with Gasteiger partial charge >= 0.3 is 0 Å². The molecule has 4 rings (SSSR count). The van der Waals surface area contributed by atoms with E-state index in [1.165, 1.54) is 23.7 Å². The number of hydrogen-bond donors (Lipinski definition) is 1. The molecule has 1 aliphatic rings. The molecule has 6 heteroatoms. The van der Waals surface area contributed by atoms with Gasteiger partial charge in [0.15, 0.2) is 11.5 Å². The van der Waals surface area contributed by atoms with Gasteiger partial charge < -0.3 is 23.9 Å². The van der Waals surface area contributed by atoms with Crippen LogP contribution in [0.2, 0.25) is 0 Å². The molecule has 0 saturated carbocycles. The van der Waals surface area contributed by atoms with Crippen LogP contribution in [-0.4, -0.2) is 26.8 Å². The van der Waals surface area contributed by atoms with Crippen molar-refractivity contribution in [1.29, 1.82) is 0 Å². The molecular formula is C24H27NO5. The van der Waals surface area contributed by atoms with Gasteiger partial charge in [0.1, 0.15) is 18.4 Å². The highest BCUT2D eigenvalue weighted by Crippen LogP contribution is 2.32. The number of benzene rings is 2. The van der Waals surface area contributed by atoms with E-state index < -0.39 is 0 Å². The Kier molecular flexibility index (Phi) is 5.68. The van der Waals surface area contributed by atoms with Gasteiger partial charge in [-0.3, -0.25) is 4.79 Å². The minimum atomic E-state index is -0.161. The van der Waals surface area contributed by atoms with E-state index in [0.29, 0.717) is 51.7 Å². The first kappa shape index (κ1) is 20.3. The molecule has 2 unspecified atom stereocenters. The Morgan fingerprint density at radius 1 is 1.13 bits per heavy atom. The molecule has 0 aliphatic carbocycles. The summed E-state index contributed by atoms with van der Waals surface area (Å²) in [6, 6.07) is 8.85. The van der Waals surface area contributed by atoms with Crippen LogP contribution in [0.5, 0.6) is 17.2 Å². The van der Waals surface area contributed by atoms with Crippen molar-refractivity contribution in [2.24, 2.45) is 0 Å². The second kappa shape index (κ2) is 8.40. The van der Waals surface area contributed by atoms with E-state index in [1.807, 2.05) is 0 Å². The molecule has 1 N–H and O–H groups in total. The highest BCUT2D eigenvalue weighted by atomic mass is 16.5. The lowest BCUT2D eigenvalue weighted by molar-refractivity contribution is -0.941. The molecular weight excluding hydrogens is 382 g/mol. The number of hydrogen-bond acceptors (Lipinski definition) is 5. The van der Waals surface area contributed by atoms with E-state index in [0.717, 1.165) is 19.4 Å². The molecule has 2 aromatic carbocycles. The maximum Gasteiger partial charge on any atom is 0.200 e. The van der Waals surface area contributed by atoms with Gasteiger partial charge in [-0.1, -0.05) is 17.9 Å². The summed E-state index contributed by atoms with van der Waals surface area (Å²) < 4.78 is 16.5. The number of methoxy groups -OCH3 is 2. The normalized spacial score (nSPS) is 19.0. The van der Waals surface area contributed by atoms with Crippen LogP contribution < -0.4 is 24.9 Å². The summed E-state index contributed by atoms with van der Waals surface area (Å²) in [5.74, 6) is 1.05. The van der Waals surface area contributed by atoms with Gasteiger partial charge in [-0.15, -0.1) is 0 Å². The number of piperidine rings is 1. The van der Waals surface area contributed by atoms with Crippen LogP contribution in [-0.2, 0) is 6.54 Å². The second-order valence-corrected chi connectivity index (χ2v) is 7.95. The molecule has 158 valence electrons. The smallest absolute Gasteiger partial charge is 0.200 e. The molecule has 30 heavy (non-hydrogen) atoms. The van der Waals surface area contributed by atoms with Crippen molar-refractivity contribution >= 4 is 11.0 Å². The molecule has 2 heterocycles.